The molecule has 0 saturated carbocycles. The first-order valence-electron chi connectivity index (χ1n) is 9.43. The van der Waals surface area contributed by atoms with E-state index in [1.54, 1.807) is 53.2 Å². The average Bonchev–Trinajstić information content (AvgIpc) is 3.11. The largest absolute Gasteiger partial charge is 0.417 e. The van der Waals surface area contributed by atoms with Crippen LogP contribution in [0.3, 0.4) is 0 Å². The number of aromatic nitrogens is 2. The predicted molar refractivity (Wildman–Crippen MR) is 109 cm³/mol. The van der Waals surface area contributed by atoms with E-state index in [4.69, 9.17) is 0 Å². The number of halogens is 4. The van der Waals surface area contributed by atoms with Gasteiger partial charge in [-0.25, -0.2) is 4.39 Å². The molecule has 0 unspecified atom stereocenters. The number of fused-ring (bicyclic) bond motifs is 1. The van der Waals surface area contributed by atoms with Crippen molar-refractivity contribution in [3.63, 3.8) is 0 Å². The van der Waals surface area contributed by atoms with Gasteiger partial charge >= 0.3 is 6.18 Å². The Kier molecular flexibility index (Phi) is 5.46. The molecule has 0 saturated heterocycles. The number of anilines is 1. The third kappa shape index (κ3) is 4.28. The molecule has 8 heteroatoms. The highest BCUT2D eigenvalue weighted by atomic mass is 19.4. The van der Waals surface area contributed by atoms with Gasteiger partial charge in [-0.3, -0.25) is 9.48 Å². The van der Waals surface area contributed by atoms with Crippen LogP contribution in [0.25, 0.3) is 10.9 Å². The van der Waals surface area contributed by atoms with Crippen LogP contribution in [0.2, 0.25) is 0 Å². The van der Waals surface area contributed by atoms with E-state index in [1.807, 2.05) is 0 Å². The van der Waals surface area contributed by atoms with Crippen molar-refractivity contribution in [2.75, 3.05) is 5.32 Å². The van der Waals surface area contributed by atoms with Crippen molar-refractivity contribution in [2.24, 2.45) is 0 Å². The zero-order chi connectivity index (χ0) is 22.0. The lowest BCUT2D eigenvalue weighted by atomic mass is 10.1. The molecule has 1 aromatic heterocycles. The number of nitrogens with one attached hydrogen (secondary N) is 1. The topological polar surface area (TPSA) is 46.9 Å². The number of hydrogen-bond donors (Lipinski definition) is 1. The molecule has 4 aromatic rings. The monoisotopic (exact) mass is 427 g/mol. The number of nitrogens with zero attached hydrogens (tertiary/aromatic N) is 2. The molecule has 0 aliphatic rings. The molecule has 3 aromatic carbocycles. The Morgan fingerprint density at radius 2 is 1.55 bits per heavy atom. The number of alkyl halides is 4. The second-order valence-electron chi connectivity index (χ2n) is 6.97. The van der Waals surface area contributed by atoms with E-state index in [9.17, 15) is 22.4 Å². The lowest BCUT2D eigenvalue weighted by molar-refractivity contribution is -0.137. The van der Waals surface area contributed by atoms with Crippen LogP contribution in [0.4, 0.5) is 23.4 Å². The van der Waals surface area contributed by atoms with Crippen molar-refractivity contribution in [3.8, 4) is 0 Å². The van der Waals surface area contributed by atoms with E-state index in [1.165, 1.54) is 12.1 Å². The first kappa shape index (κ1) is 20.6. The zero-order valence-electron chi connectivity index (χ0n) is 16.2. The minimum absolute atomic E-state index is 0.165. The Hall–Kier alpha value is -3.68. The average molecular weight is 427 g/mol. The maximum atomic E-state index is 13.3. The van der Waals surface area contributed by atoms with E-state index < -0.39 is 29.9 Å². The van der Waals surface area contributed by atoms with Gasteiger partial charge < -0.3 is 5.32 Å². The Bertz CT molecular complexity index is 1230. The zero-order valence-corrected chi connectivity index (χ0v) is 16.2. The second kappa shape index (κ2) is 8.22. The van der Waals surface area contributed by atoms with Crippen LogP contribution in [0, 0.1) is 0 Å². The van der Waals surface area contributed by atoms with Gasteiger partial charge in [0, 0.05) is 5.39 Å². The lowest BCUT2D eigenvalue weighted by Gasteiger charge is -2.12. The van der Waals surface area contributed by atoms with Crippen molar-refractivity contribution in [2.45, 2.75) is 19.4 Å². The summed E-state index contributed by atoms with van der Waals surface area (Å²) in [6.07, 6.45) is -4.65. The van der Waals surface area contributed by atoms with E-state index in [0.29, 0.717) is 23.0 Å². The van der Waals surface area contributed by atoms with E-state index in [2.05, 4.69) is 10.4 Å². The Morgan fingerprint density at radius 1 is 0.903 bits per heavy atom. The fourth-order valence-corrected chi connectivity index (χ4v) is 3.35. The fraction of sp³-hybridized carbons (Fsp3) is 0.130. The van der Waals surface area contributed by atoms with Gasteiger partial charge in [-0.1, -0.05) is 48.5 Å². The third-order valence-corrected chi connectivity index (χ3v) is 4.88. The molecular weight excluding hydrogens is 410 g/mol. The molecule has 4 nitrogen and oxygen atoms in total. The van der Waals surface area contributed by atoms with Crippen LogP contribution in [-0.4, -0.2) is 15.7 Å². The number of carbonyl (C=O) groups excluding carboxylic acids is 1. The highest BCUT2D eigenvalue weighted by Crippen LogP contribution is 2.32. The van der Waals surface area contributed by atoms with Gasteiger partial charge in [0.1, 0.15) is 6.67 Å². The Morgan fingerprint density at radius 3 is 2.26 bits per heavy atom. The lowest BCUT2D eigenvalue weighted by Crippen LogP contribution is -2.19. The number of amides is 1. The van der Waals surface area contributed by atoms with E-state index in [0.717, 1.165) is 17.7 Å². The molecule has 31 heavy (non-hydrogen) atoms. The molecule has 4 rings (SSSR count). The molecule has 1 heterocycles. The number of benzene rings is 3. The van der Waals surface area contributed by atoms with Gasteiger partial charge in [0.25, 0.3) is 5.91 Å². The second-order valence-corrected chi connectivity index (χ2v) is 6.97. The third-order valence-electron chi connectivity index (χ3n) is 4.88. The molecule has 0 atom stereocenters. The van der Waals surface area contributed by atoms with Crippen LogP contribution in [0.15, 0.2) is 72.8 Å². The smallest absolute Gasteiger partial charge is 0.305 e. The summed E-state index contributed by atoms with van der Waals surface area (Å²) in [7, 11) is 0. The summed E-state index contributed by atoms with van der Waals surface area (Å²) in [5, 5.41) is 7.53. The summed E-state index contributed by atoms with van der Waals surface area (Å²) in [4.78, 5) is 12.7. The molecule has 0 bridgehead atoms. The first-order chi connectivity index (χ1) is 14.9. The number of rotatable bonds is 5. The maximum absolute atomic E-state index is 13.3. The van der Waals surface area contributed by atoms with Crippen LogP contribution >= 0.6 is 0 Å². The number of para-hydroxylation sites is 1. The minimum Gasteiger partial charge on any atom is -0.305 e. The quantitative estimate of drug-likeness (QED) is 0.408. The standard InChI is InChI=1S/C23H17F4N3O/c24-13-15-9-11-16(12-10-15)14-30-20-8-4-2-6-18(20)21(29-30)28-22(31)17-5-1-3-7-19(17)23(25,26)27/h1-12H,13-14H2,(H,28,29,31). The number of carbonyl (C=O) groups is 1. The van der Waals surface area contributed by atoms with Gasteiger partial charge in [-0.2, -0.15) is 18.3 Å². The number of hydrogen-bond acceptors (Lipinski definition) is 2. The SMILES string of the molecule is O=C(Nc1nn(Cc2ccc(CF)cc2)c2ccccc12)c1ccccc1C(F)(F)F. The molecule has 0 aliphatic heterocycles. The Balaban J connectivity index is 1.67. The summed E-state index contributed by atoms with van der Waals surface area (Å²) in [6, 6.07) is 18.6. The van der Waals surface area contributed by atoms with Crippen molar-refractivity contribution in [1.29, 1.82) is 0 Å². The molecule has 0 aliphatic carbocycles. The Labute approximate surface area is 175 Å². The van der Waals surface area contributed by atoms with E-state index >= 15 is 0 Å². The highest BCUT2D eigenvalue weighted by molar-refractivity contribution is 6.08. The minimum atomic E-state index is -4.65. The van der Waals surface area contributed by atoms with Crippen molar-refractivity contribution >= 4 is 22.6 Å². The predicted octanol–water partition coefficient (Wildman–Crippen LogP) is 5.83. The van der Waals surface area contributed by atoms with Gasteiger partial charge in [0.2, 0.25) is 0 Å². The highest BCUT2D eigenvalue weighted by Gasteiger charge is 2.35. The van der Waals surface area contributed by atoms with E-state index in [-0.39, 0.29) is 5.82 Å². The molecular formula is C23H17F4N3O. The van der Waals surface area contributed by atoms with Crippen LogP contribution < -0.4 is 5.32 Å². The van der Waals surface area contributed by atoms with Gasteiger partial charge in [0.05, 0.1) is 23.2 Å². The normalized spacial score (nSPS) is 11.6. The summed E-state index contributed by atoms with van der Waals surface area (Å²) < 4.78 is 54.2. The fourth-order valence-electron chi connectivity index (χ4n) is 3.35. The van der Waals surface area contributed by atoms with Gasteiger partial charge in [-0.15, -0.1) is 0 Å². The van der Waals surface area contributed by atoms with Crippen LogP contribution in [-0.2, 0) is 19.4 Å². The van der Waals surface area contributed by atoms with Gasteiger partial charge in [0.15, 0.2) is 5.82 Å². The summed E-state index contributed by atoms with van der Waals surface area (Å²) in [5.74, 6) is -0.728. The summed E-state index contributed by atoms with van der Waals surface area (Å²) in [5.41, 5.74) is 0.646. The van der Waals surface area contributed by atoms with Gasteiger partial charge in [-0.05, 0) is 35.4 Å². The maximum Gasteiger partial charge on any atom is 0.417 e. The molecule has 158 valence electrons. The molecule has 0 spiro atoms. The summed E-state index contributed by atoms with van der Waals surface area (Å²) >= 11 is 0. The van der Waals surface area contributed by atoms with Crippen LogP contribution in [0.1, 0.15) is 27.0 Å². The van der Waals surface area contributed by atoms with Crippen molar-refractivity contribution in [3.05, 3.63) is 95.1 Å². The molecule has 1 amide bonds. The molecule has 1 N–H and O–H groups in total. The first-order valence-corrected chi connectivity index (χ1v) is 9.43. The molecule has 0 radical (unpaired) electrons. The molecule has 0 fully saturated rings. The summed E-state index contributed by atoms with van der Waals surface area (Å²) in [6.45, 7) is -0.206. The van der Waals surface area contributed by atoms with Crippen molar-refractivity contribution in [1.82, 2.24) is 9.78 Å². The van der Waals surface area contributed by atoms with Crippen LogP contribution in [0.5, 0.6) is 0 Å². The van der Waals surface area contributed by atoms with Crippen molar-refractivity contribution < 1.29 is 22.4 Å².